The summed E-state index contributed by atoms with van der Waals surface area (Å²) in [6, 6.07) is 14.4. The fourth-order valence-corrected chi connectivity index (χ4v) is 5.22. The predicted molar refractivity (Wildman–Crippen MR) is 119 cm³/mol. The first kappa shape index (κ1) is 20.6. The van der Waals surface area contributed by atoms with Crippen molar-refractivity contribution in [2.45, 2.75) is 37.6 Å². The minimum atomic E-state index is -0.127. The van der Waals surface area contributed by atoms with Crippen molar-refractivity contribution in [3.05, 3.63) is 66.1 Å². The van der Waals surface area contributed by atoms with Crippen LogP contribution in [0.15, 0.2) is 54.9 Å². The van der Waals surface area contributed by atoms with Gasteiger partial charge in [0.2, 0.25) is 0 Å². The molecule has 0 radical (unpaired) electrons. The highest BCUT2D eigenvalue weighted by Gasteiger charge is 2.43. The van der Waals surface area contributed by atoms with Gasteiger partial charge in [0.25, 0.3) is 0 Å². The summed E-state index contributed by atoms with van der Waals surface area (Å²) < 4.78 is 5.24. The number of ether oxygens (including phenoxy) is 1. The molecule has 0 spiro atoms. The van der Waals surface area contributed by atoms with Crippen LogP contribution in [-0.2, 0) is 21.5 Å². The molecule has 1 aliphatic carbocycles. The molecule has 1 atom stereocenters. The number of H-pyrrole nitrogens is 1. The first-order chi connectivity index (χ1) is 14.5. The van der Waals surface area contributed by atoms with E-state index in [1.54, 1.807) is 0 Å². The maximum Gasteiger partial charge on any atom is 0.309 e. The second-order valence-electron chi connectivity index (χ2n) is 8.67. The van der Waals surface area contributed by atoms with Crippen molar-refractivity contribution in [1.29, 1.82) is 0 Å². The van der Waals surface area contributed by atoms with E-state index in [4.69, 9.17) is 4.74 Å². The minimum absolute atomic E-state index is 0.0702. The molecule has 1 fully saturated rings. The van der Waals surface area contributed by atoms with Crippen molar-refractivity contribution in [2.75, 3.05) is 21.2 Å². The lowest BCUT2D eigenvalue weighted by molar-refractivity contribution is -0.148. The zero-order chi connectivity index (χ0) is 21.1. The summed E-state index contributed by atoms with van der Waals surface area (Å²) in [6.45, 7) is 0. The smallest absolute Gasteiger partial charge is 0.309 e. The van der Waals surface area contributed by atoms with E-state index in [9.17, 15) is 4.79 Å². The Labute approximate surface area is 178 Å². The number of carbonyl (C=O) groups is 1. The minimum Gasteiger partial charge on any atom is -0.469 e. The first-order valence-electron chi connectivity index (χ1n) is 10.8. The summed E-state index contributed by atoms with van der Waals surface area (Å²) in [5.74, 6) is 0.0847. The van der Waals surface area contributed by atoms with Crippen LogP contribution in [0.3, 0.4) is 0 Å². The van der Waals surface area contributed by atoms with E-state index < -0.39 is 0 Å². The predicted octanol–water partition coefficient (Wildman–Crippen LogP) is 4.54. The number of carbonyl (C=O) groups excluding carboxylic acids is 1. The number of esters is 1. The van der Waals surface area contributed by atoms with E-state index in [0.29, 0.717) is 12.3 Å². The highest BCUT2D eigenvalue weighted by Crippen LogP contribution is 2.45. The standard InChI is InChI=1S/C25H31N3O2/c1-28(2)25(23-10-6-7-15-26-23)13-11-18(12-14-25)21(24(29)30-3)16-19-17-27-22-9-5-4-8-20(19)22/h4-10,15,17-18,21,27H,11-14,16H2,1-3H3. The van der Waals surface area contributed by atoms with Gasteiger partial charge in [0.15, 0.2) is 0 Å². The molecule has 0 aliphatic heterocycles. The van der Waals surface area contributed by atoms with Gasteiger partial charge in [-0.05, 0) is 75.9 Å². The summed E-state index contributed by atoms with van der Waals surface area (Å²) in [4.78, 5) is 23.1. The first-order valence-corrected chi connectivity index (χ1v) is 10.8. The lowest BCUT2D eigenvalue weighted by Crippen LogP contribution is -2.46. The Bertz CT molecular complexity index is 988. The molecule has 0 bridgehead atoms. The van der Waals surface area contributed by atoms with Gasteiger partial charge in [0.05, 0.1) is 24.3 Å². The molecule has 1 saturated carbocycles. The van der Waals surface area contributed by atoms with Gasteiger partial charge in [-0.1, -0.05) is 24.3 Å². The zero-order valence-corrected chi connectivity index (χ0v) is 18.1. The highest BCUT2D eigenvalue weighted by molar-refractivity contribution is 5.84. The molecule has 3 aromatic rings. The number of aromatic nitrogens is 2. The van der Waals surface area contributed by atoms with Crippen LogP contribution in [0.1, 0.15) is 36.9 Å². The Morgan fingerprint density at radius 1 is 1.20 bits per heavy atom. The fraction of sp³-hybridized carbons (Fsp3) is 0.440. The van der Waals surface area contributed by atoms with Crippen LogP contribution in [0.2, 0.25) is 0 Å². The van der Waals surface area contributed by atoms with Gasteiger partial charge in [-0.2, -0.15) is 0 Å². The maximum atomic E-state index is 12.8. The van der Waals surface area contributed by atoms with Crippen LogP contribution in [0, 0.1) is 11.8 Å². The number of benzene rings is 1. The second-order valence-corrected chi connectivity index (χ2v) is 8.67. The molecule has 5 heteroatoms. The lowest BCUT2D eigenvalue weighted by Gasteiger charge is -2.45. The molecule has 5 nitrogen and oxygen atoms in total. The number of rotatable bonds is 6. The Balaban J connectivity index is 1.56. The number of nitrogens with one attached hydrogen (secondary N) is 1. The van der Waals surface area contributed by atoms with E-state index in [1.807, 2.05) is 30.6 Å². The Hall–Kier alpha value is -2.66. The van der Waals surface area contributed by atoms with E-state index in [-0.39, 0.29) is 17.4 Å². The average molecular weight is 406 g/mol. The van der Waals surface area contributed by atoms with Crippen molar-refractivity contribution in [2.24, 2.45) is 11.8 Å². The maximum absolute atomic E-state index is 12.8. The van der Waals surface area contributed by atoms with Gasteiger partial charge in [-0.25, -0.2) is 0 Å². The molecule has 30 heavy (non-hydrogen) atoms. The van der Waals surface area contributed by atoms with Crippen LogP contribution in [-0.4, -0.2) is 42.0 Å². The summed E-state index contributed by atoms with van der Waals surface area (Å²) in [5.41, 5.74) is 3.36. The van der Waals surface area contributed by atoms with Gasteiger partial charge >= 0.3 is 5.97 Å². The van der Waals surface area contributed by atoms with Crippen molar-refractivity contribution in [1.82, 2.24) is 14.9 Å². The topological polar surface area (TPSA) is 58.2 Å². The summed E-state index contributed by atoms with van der Waals surface area (Å²) in [5, 5.41) is 1.19. The Morgan fingerprint density at radius 2 is 1.93 bits per heavy atom. The number of hydrogen-bond acceptors (Lipinski definition) is 4. The fourth-order valence-electron chi connectivity index (χ4n) is 5.22. The molecule has 1 aromatic carbocycles. The van der Waals surface area contributed by atoms with Crippen LogP contribution in [0.25, 0.3) is 10.9 Å². The number of nitrogens with zero attached hydrogens (tertiary/aromatic N) is 2. The Kier molecular flexibility index (Phi) is 5.91. The van der Waals surface area contributed by atoms with Gasteiger partial charge in [0, 0.05) is 23.3 Å². The molecule has 0 saturated heterocycles. The SMILES string of the molecule is COC(=O)C(Cc1c[nH]c2ccccc12)C1CCC(c2ccccn2)(N(C)C)CC1. The third kappa shape index (κ3) is 3.74. The van der Waals surface area contributed by atoms with Gasteiger partial charge < -0.3 is 9.72 Å². The Morgan fingerprint density at radius 3 is 2.60 bits per heavy atom. The third-order valence-corrected chi connectivity index (χ3v) is 7.04. The molecule has 1 unspecified atom stereocenters. The van der Waals surface area contributed by atoms with Gasteiger partial charge in [-0.3, -0.25) is 14.7 Å². The summed E-state index contributed by atoms with van der Waals surface area (Å²) in [6.07, 6.45) is 8.57. The van der Waals surface area contributed by atoms with E-state index in [2.05, 4.69) is 53.2 Å². The second kappa shape index (κ2) is 8.60. The normalized spacial score (nSPS) is 22.9. The molecule has 4 rings (SSSR count). The van der Waals surface area contributed by atoms with Crippen molar-refractivity contribution >= 4 is 16.9 Å². The quantitative estimate of drug-likeness (QED) is 0.612. The number of para-hydroxylation sites is 1. The zero-order valence-electron chi connectivity index (χ0n) is 18.1. The van der Waals surface area contributed by atoms with Crippen LogP contribution >= 0.6 is 0 Å². The van der Waals surface area contributed by atoms with Crippen LogP contribution < -0.4 is 0 Å². The molecule has 2 aromatic heterocycles. The number of fused-ring (bicyclic) bond motifs is 1. The van der Waals surface area contributed by atoms with Crippen molar-refractivity contribution < 1.29 is 9.53 Å². The molecule has 1 aliphatic rings. The van der Waals surface area contributed by atoms with Crippen molar-refractivity contribution in [3.63, 3.8) is 0 Å². The number of hydrogen-bond donors (Lipinski definition) is 1. The summed E-state index contributed by atoms with van der Waals surface area (Å²) in [7, 11) is 5.78. The summed E-state index contributed by atoms with van der Waals surface area (Å²) >= 11 is 0. The van der Waals surface area contributed by atoms with Crippen LogP contribution in [0.5, 0.6) is 0 Å². The molecular formula is C25H31N3O2. The number of pyridine rings is 1. The third-order valence-electron chi connectivity index (χ3n) is 7.04. The van der Waals surface area contributed by atoms with Crippen molar-refractivity contribution in [3.8, 4) is 0 Å². The molecule has 2 heterocycles. The van der Waals surface area contributed by atoms with E-state index >= 15 is 0 Å². The van der Waals surface area contributed by atoms with E-state index in [0.717, 1.165) is 36.9 Å². The van der Waals surface area contributed by atoms with Gasteiger partial charge in [0.1, 0.15) is 0 Å². The van der Waals surface area contributed by atoms with E-state index in [1.165, 1.54) is 18.1 Å². The van der Waals surface area contributed by atoms with Crippen LogP contribution in [0.4, 0.5) is 0 Å². The lowest BCUT2D eigenvalue weighted by atomic mass is 9.69. The molecule has 0 amide bonds. The highest BCUT2D eigenvalue weighted by atomic mass is 16.5. The number of aromatic amines is 1. The van der Waals surface area contributed by atoms with Gasteiger partial charge in [-0.15, -0.1) is 0 Å². The molecule has 158 valence electrons. The molecular weight excluding hydrogens is 374 g/mol. The average Bonchev–Trinajstić information content (AvgIpc) is 3.20. The monoisotopic (exact) mass is 405 g/mol. The molecule has 1 N–H and O–H groups in total. The largest absolute Gasteiger partial charge is 0.469 e. The number of methoxy groups -OCH3 is 1.